The van der Waals surface area contributed by atoms with Gasteiger partial charge in [0.25, 0.3) is 5.91 Å². The van der Waals surface area contributed by atoms with Gasteiger partial charge in [-0.3, -0.25) is 14.4 Å². The average molecular weight is 482 g/mol. The van der Waals surface area contributed by atoms with E-state index in [4.69, 9.17) is 0 Å². The van der Waals surface area contributed by atoms with Crippen molar-refractivity contribution >= 4 is 23.5 Å². The van der Waals surface area contributed by atoms with E-state index in [1.54, 1.807) is 4.90 Å². The van der Waals surface area contributed by atoms with E-state index in [-0.39, 0.29) is 17.4 Å². The number of carbonyl (C=O) groups is 3. The molecule has 3 rings (SSSR count). The maximum absolute atomic E-state index is 13.4. The van der Waals surface area contributed by atoms with Crippen LogP contribution in [0.4, 0.5) is 10.2 Å². The lowest BCUT2D eigenvalue weighted by Crippen LogP contribution is -2.55. The summed E-state index contributed by atoms with van der Waals surface area (Å²) in [7, 11) is 0. The SMILES string of the molecule is C=CC(=O)NCCCCC(NC(=O)c1ccc(F)cc1)C(=O)N1CCN(c2cccc(C)n2)CC1. The molecule has 0 bridgehead atoms. The van der Waals surface area contributed by atoms with Crippen LogP contribution in [0.15, 0.2) is 55.1 Å². The third-order valence-corrected chi connectivity index (χ3v) is 5.90. The fourth-order valence-electron chi connectivity index (χ4n) is 3.94. The lowest BCUT2D eigenvalue weighted by Gasteiger charge is -2.37. The van der Waals surface area contributed by atoms with E-state index in [1.165, 1.54) is 30.3 Å². The van der Waals surface area contributed by atoms with Crippen molar-refractivity contribution in [1.29, 1.82) is 0 Å². The van der Waals surface area contributed by atoms with Gasteiger partial charge in [-0.15, -0.1) is 0 Å². The van der Waals surface area contributed by atoms with E-state index >= 15 is 0 Å². The third kappa shape index (κ3) is 7.63. The number of benzene rings is 1. The number of rotatable bonds is 10. The van der Waals surface area contributed by atoms with Crippen LogP contribution in [-0.2, 0) is 9.59 Å². The van der Waals surface area contributed by atoms with Crippen LogP contribution in [-0.4, -0.2) is 66.4 Å². The number of hydrogen-bond acceptors (Lipinski definition) is 5. The number of unbranched alkanes of at least 4 members (excludes halogenated alkanes) is 1. The Morgan fingerprint density at radius 3 is 2.46 bits per heavy atom. The average Bonchev–Trinajstić information content (AvgIpc) is 2.87. The highest BCUT2D eigenvalue weighted by Gasteiger charge is 2.29. The second kappa shape index (κ2) is 12.6. The lowest BCUT2D eigenvalue weighted by atomic mass is 10.1. The molecule has 2 N–H and O–H groups in total. The van der Waals surface area contributed by atoms with E-state index in [0.29, 0.717) is 52.0 Å². The number of aryl methyl sites for hydroxylation is 1. The summed E-state index contributed by atoms with van der Waals surface area (Å²) < 4.78 is 13.2. The van der Waals surface area contributed by atoms with Gasteiger partial charge in [-0.2, -0.15) is 0 Å². The molecule has 9 heteroatoms. The summed E-state index contributed by atoms with van der Waals surface area (Å²) in [5, 5.41) is 5.54. The van der Waals surface area contributed by atoms with Crippen molar-refractivity contribution in [3.8, 4) is 0 Å². The summed E-state index contributed by atoms with van der Waals surface area (Å²) in [6, 6.07) is 10.4. The number of amides is 3. The molecule has 1 saturated heterocycles. The number of pyridine rings is 1. The molecule has 1 fully saturated rings. The topological polar surface area (TPSA) is 94.6 Å². The van der Waals surface area contributed by atoms with Gasteiger partial charge in [0, 0.05) is 44.0 Å². The number of aromatic nitrogens is 1. The normalized spacial score (nSPS) is 14.2. The molecule has 1 atom stereocenters. The quantitative estimate of drug-likeness (QED) is 0.402. The van der Waals surface area contributed by atoms with Gasteiger partial charge in [0.15, 0.2) is 0 Å². The van der Waals surface area contributed by atoms with Crippen LogP contribution in [0.25, 0.3) is 0 Å². The number of halogens is 1. The maximum atomic E-state index is 13.4. The van der Waals surface area contributed by atoms with Crippen molar-refractivity contribution in [3.63, 3.8) is 0 Å². The fourth-order valence-corrected chi connectivity index (χ4v) is 3.94. The van der Waals surface area contributed by atoms with Crippen molar-refractivity contribution < 1.29 is 18.8 Å². The minimum atomic E-state index is -0.716. The smallest absolute Gasteiger partial charge is 0.251 e. The van der Waals surface area contributed by atoms with Gasteiger partial charge in [0.2, 0.25) is 11.8 Å². The molecule has 186 valence electrons. The molecule has 0 saturated carbocycles. The third-order valence-electron chi connectivity index (χ3n) is 5.90. The zero-order chi connectivity index (χ0) is 25.2. The fraction of sp³-hybridized carbons (Fsp3) is 0.385. The van der Waals surface area contributed by atoms with Crippen LogP contribution in [0, 0.1) is 12.7 Å². The number of anilines is 1. The molecule has 1 aliphatic heterocycles. The molecule has 1 aliphatic rings. The summed E-state index contributed by atoms with van der Waals surface area (Å²) in [6.45, 7) is 8.16. The van der Waals surface area contributed by atoms with Gasteiger partial charge < -0.3 is 20.4 Å². The molecule has 1 unspecified atom stereocenters. The highest BCUT2D eigenvalue weighted by atomic mass is 19.1. The van der Waals surface area contributed by atoms with Crippen molar-refractivity contribution in [2.24, 2.45) is 0 Å². The van der Waals surface area contributed by atoms with Crippen molar-refractivity contribution in [2.75, 3.05) is 37.6 Å². The molecule has 3 amide bonds. The summed E-state index contributed by atoms with van der Waals surface area (Å²) in [4.78, 5) is 45.9. The summed E-state index contributed by atoms with van der Waals surface area (Å²) in [5.41, 5.74) is 1.23. The van der Waals surface area contributed by atoms with Crippen LogP contribution < -0.4 is 15.5 Å². The van der Waals surface area contributed by atoms with Gasteiger partial charge in [0.1, 0.15) is 17.7 Å². The van der Waals surface area contributed by atoms with Crippen LogP contribution in [0.2, 0.25) is 0 Å². The summed E-state index contributed by atoms with van der Waals surface area (Å²) in [5.74, 6) is -0.363. The van der Waals surface area contributed by atoms with Crippen molar-refractivity contribution in [1.82, 2.24) is 20.5 Å². The monoisotopic (exact) mass is 481 g/mol. The molecular formula is C26H32FN5O3. The van der Waals surface area contributed by atoms with Crippen molar-refractivity contribution in [3.05, 3.63) is 72.2 Å². The van der Waals surface area contributed by atoms with E-state index in [2.05, 4.69) is 27.1 Å². The van der Waals surface area contributed by atoms with Gasteiger partial charge in [0.05, 0.1) is 0 Å². The lowest BCUT2D eigenvalue weighted by molar-refractivity contribution is -0.133. The Bertz CT molecular complexity index is 1040. The first kappa shape index (κ1) is 25.9. The van der Waals surface area contributed by atoms with Gasteiger partial charge in [-0.25, -0.2) is 9.37 Å². The largest absolute Gasteiger partial charge is 0.353 e. The number of piperazine rings is 1. The highest BCUT2D eigenvalue weighted by molar-refractivity contribution is 5.97. The first-order chi connectivity index (χ1) is 16.9. The first-order valence-corrected chi connectivity index (χ1v) is 11.8. The first-order valence-electron chi connectivity index (χ1n) is 11.8. The molecule has 2 aromatic rings. The van der Waals surface area contributed by atoms with Crippen LogP contribution in [0.1, 0.15) is 35.3 Å². The molecule has 0 radical (unpaired) electrons. The Kier molecular flexibility index (Phi) is 9.34. The molecule has 1 aromatic carbocycles. The van der Waals surface area contributed by atoms with E-state index in [9.17, 15) is 18.8 Å². The molecule has 0 spiro atoms. The van der Waals surface area contributed by atoms with Gasteiger partial charge in [-0.1, -0.05) is 12.6 Å². The Morgan fingerprint density at radius 2 is 1.80 bits per heavy atom. The molecule has 1 aromatic heterocycles. The zero-order valence-electron chi connectivity index (χ0n) is 20.0. The number of nitrogens with one attached hydrogen (secondary N) is 2. The predicted molar refractivity (Wildman–Crippen MR) is 132 cm³/mol. The summed E-state index contributed by atoms with van der Waals surface area (Å²) in [6.07, 6.45) is 2.92. The second-order valence-corrected chi connectivity index (χ2v) is 8.47. The Morgan fingerprint density at radius 1 is 1.09 bits per heavy atom. The molecule has 0 aliphatic carbocycles. The van der Waals surface area contributed by atoms with Gasteiger partial charge in [-0.05, 0) is 68.7 Å². The minimum absolute atomic E-state index is 0.146. The maximum Gasteiger partial charge on any atom is 0.251 e. The molecule has 8 nitrogen and oxygen atoms in total. The van der Waals surface area contributed by atoms with Crippen molar-refractivity contribution in [2.45, 2.75) is 32.2 Å². The number of carbonyl (C=O) groups excluding carboxylic acids is 3. The van der Waals surface area contributed by atoms with Crippen LogP contribution in [0.5, 0.6) is 0 Å². The van der Waals surface area contributed by atoms with E-state index in [1.807, 2.05) is 25.1 Å². The molecular weight excluding hydrogens is 449 g/mol. The second-order valence-electron chi connectivity index (χ2n) is 8.47. The Labute approximate surface area is 205 Å². The Balaban J connectivity index is 1.61. The number of hydrogen-bond donors (Lipinski definition) is 2. The predicted octanol–water partition coefficient (Wildman–Crippen LogP) is 2.45. The van der Waals surface area contributed by atoms with Gasteiger partial charge >= 0.3 is 0 Å². The highest BCUT2D eigenvalue weighted by Crippen LogP contribution is 2.16. The molecule has 35 heavy (non-hydrogen) atoms. The minimum Gasteiger partial charge on any atom is -0.353 e. The summed E-state index contributed by atoms with van der Waals surface area (Å²) >= 11 is 0. The van der Waals surface area contributed by atoms with E-state index in [0.717, 1.165) is 11.5 Å². The Hall–Kier alpha value is -3.75. The van der Waals surface area contributed by atoms with Crippen LogP contribution in [0.3, 0.4) is 0 Å². The van der Waals surface area contributed by atoms with E-state index < -0.39 is 17.8 Å². The van der Waals surface area contributed by atoms with Crippen LogP contribution >= 0.6 is 0 Å². The zero-order valence-corrected chi connectivity index (χ0v) is 20.0. The standard InChI is InChI=1S/C26H32FN5O3/c1-3-24(33)28-14-5-4-8-22(30-25(34)20-10-12-21(27)13-11-20)26(35)32-17-15-31(16-18-32)23-9-6-7-19(2)29-23/h3,6-7,9-13,22H,1,4-5,8,14-18H2,2H3,(H,28,33)(H,30,34). The molecule has 2 heterocycles. The number of nitrogens with zero attached hydrogens (tertiary/aromatic N) is 3.